The average molecular weight is 970 g/mol. The SMILES string of the molecule is CC(C)[Si](C#Cc1c2ccccc2c(-c2ccc([N+](=O)[O-])cc2)c2ccc3[nH]c4ccc5c(-c6ccc([N+](=O)[O-])cc6)c6ccccc6c(C#C[Si](C(C)C)(C(C)C)C(C)C)c5c4c3c12)(C(C)C)C(C)C. The molecular weight excluding hydrogens is 907 g/mol. The lowest BCUT2D eigenvalue weighted by molar-refractivity contribution is -0.385. The summed E-state index contributed by atoms with van der Waals surface area (Å²) in [6.45, 7) is 28.2. The normalized spacial score (nSPS) is 12.4. The number of nitrogens with one attached hydrogen (secondary N) is 1. The third kappa shape index (κ3) is 7.82. The van der Waals surface area contributed by atoms with Crippen molar-refractivity contribution in [1.29, 1.82) is 0 Å². The highest BCUT2D eigenvalue weighted by Gasteiger charge is 2.43. The second-order valence-corrected chi connectivity index (χ2v) is 32.6. The summed E-state index contributed by atoms with van der Waals surface area (Å²) in [4.78, 5) is 27.2. The van der Waals surface area contributed by atoms with Gasteiger partial charge < -0.3 is 4.98 Å². The Kier molecular flexibility index (Phi) is 12.8. The fourth-order valence-corrected chi connectivity index (χ4v) is 23.4. The van der Waals surface area contributed by atoms with Gasteiger partial charge in [0.15, 0.2) is 0 Å². The molecule has 9 aromatic rings. The van der Waals surface area contributed by atoms with Crippen molar-refractivity contribution in [3.63, 3.8) is 0 Å². The molecule has 0 saturated heterocycles. The molecule has 1 aromatic heterocycles. The first-order valence-corrected chi connectivity index (χ1v) is 29.7. The van der Waals surface area contributed by atoms with E-state index < -0.39 is 16.1 Å². The topological polar surface area (TPSA) is 102 Å². The lowest BCUT2D eigenvalue weighted by Crippen LogP contribution is -2.43. The van der Waals surface area contributed by atoms with E-state index in [1.54, 1.807) is 24.3 Å². The van der Waals surface area contributed by atoms with Crippen LogP contribution in [0.25, 0.3) is 87.1 Å². The van der Waals surface area contributed by atoms with Crippen LogP contribution in [0.3, 0.4) is 0 Å². The van der Waals surface area contributed by atoms with Crippen molar-refractivity contribution in [2.24, 2.45) is 0 Å². The summed E-state index contributed by atoms with van der Waals surface area (Å²) in [6.07, 6.45) is 0. The minimum atomic E-state index is -2.27. The number of hydrogen-bond donors (Lipinski definition) is 1. The average Bonchev–Trinajstić information content (AvgIpc) is 3.72. The van der Waals surface area contributed by atoms with Gasteiger partial charge in [0.1, 0.15) is 16.1 Å². The number of benzene rings is 8. The van der Waals surface area contributed by atoms with Crippen LogP contribution in [0.5, 0.6) is 0 Å². The van der Waals surface area contributed by atoms with Gasteiger partial charge in [0.05, 0.1) is 9.85 Å². The molecule has 0 spiro atoms. The fourth-order valence-electron chi connectivity index (χ4n) is 13.0. The van der Waals surface area contributed by atoms with Gasteiger partial charge >= 0.3 is 0 Å². The van der Waals surface area contributed by atoms with E-state index in [9.17, 15) is 20.2 Å². The van der Waals surface area contributed by atoms with Gasteiger partial charge in [-0.15, -0.1) is 11.1 Å². The van der Waals surface area contributed by atoms with E-state index in [2.05, 4.69) is 184 Å². The van der Waals surface area contributed by atoms with Crippen LogP contribution in [0.15, 0.2) is 121 Å². The molecule has 0 amide bonds. The van der Waals surface area contributed by atoms with Gasteiger partial charge in [-0.3, -0.25) is 20.2 Å². The minimum Gasteiger partial charge on any atom is -0.354 e. The molecule has 0 aliphatic heterocycles. The van der Waals surface area contributed by atoms with E-state index in [0.717, 1.165) is 98.3 Å². The second-order valence-electron chi connectivity index (χ2n) is 21.4. The highest BCUT2D eigenvalue weighted by atomic mass is 28.3. The zero-order chi connectivity index (χ0) is 50.8. The zero-order valence-electron chi connectivity index (χ0n) is 43.0. The number of non-ortho nitro benzene ring substituents is 2. The Morgan fingerprint density at radius 1 is 0.394 bits per heavy atom. The van der Waals surface area contributed by atoms with Gasteiger partial charge in [0, 0.05) is 68.0 Å². The first-order valence-electron chi connectivity index (χ1n) is 25.2. The molecule has 7 nitrogen and oxygen atoms in total. The highest BCUT2D eigenvalue weighted by Crippen LogP contribution is 2.50. The van der Waals surface area contributed by atoms with E-state index in [0.29, 0.717) is 33.2 Å². The Balaban J connectivity index is 1.58. The van der Waals surface area contributed by atoms with Crippen molar-refractivity contribution in [3.8, 4) is 45.2 Å². The van der Waals surface area contributed by atoms with E-state index in [-0.39, 0.29) is 21.2 Å². The molecule has 0 aliphatic carbocycles. The summed E-state index contributed by atoms with van der Waals surface area (Å²) < 4.78 is 0. The monoisotopic (exact) mass is 969 g/mol. The van der Waals surface area contributed by atoms with Gasteiger partial charge in [-0.2, -0.15) is 0 Å². The van der Waals surface area contributed by atoms with Gasteiger partial charge in [0.2, 0.25) is 0 Å². The third-order valence-electron chi connectivity index (χ3n) is 16.2. The maximum Gasteiger partial charge on any atom is 0.269 e. The summed E-state index contributed by atoms with van der Waals surface area (Å²) in [5, 5.41) is 34.2. The lowest BCUT2D eigenvalue weighted by atomic mass is 9.84. The third-order valence-corrected chi connectivity index (χ3v) is 28.8. The van der Waals surface area contributed by atoms with E-state index in [1.165, 1.54) is 0 Å². The molecule has 0 unspecified atom stereocenters. The largest absolute Gasteiger partial charge is 0.354 e. The standard InChI is InChI=1S/C62H63N3O4Si2/c1-37(2)70(38(3)4,39(5)6)35-33-51-47-17-13-15-19-49(47)57(43-21-25-45(26-22-43)64(66)67)53-29-31-55-61(59(51)53)62-56(63-55)32-30-54-58(44-23-27-46(28-24-44)65(68)69)50-20-16-14-18-48(50)52(60(54)62)34-36-71(40(7)8,41(9)10)42(11)12/h13-32,37-42,63H,1-12H3. The first-order chi connectivity index (χ1) is 33.8. The molecule has 0 radical (unpaired) electrons. The van der Waals surface area contributed by atoms with Crippen LogP contribution in [-0.2, 0) is 0 Å². The Morgan fingerprint density at radius 2 is 0.704 bits per heavy atom. The molecule has 1 heterocycles. The van der Waals surface area contributed by atoms with Crippen molar-refractivity contribution >= 4 is 92.4 Å². The number of nitro groups is 2. The Hall–Kier alpha value is -7.05. The van der Waals surface area contributed by atoms with Crippen LogP contribution >= 0.6 is 0 Å². The summed E-state index contributed by atoms with van der Waals surface area (Å²) in [6, 6.07) is 39.7. The summed E-state index contributed by atoms with van der Waals surface area (Å²) in [7, 11) is -4.54. The van der Waals surface area contributed by atoms with Crippen LogP contribution < -0.4 is 0 Å². The minimum absolute atomic E-state index is 0.0388. The molecule has 8 aromatic carbocycles. The number of nitro benzene ring substituents is 2. The molecule has 1 N–H and O–H groups in total. The molecule has 0 atom stereocenters. The smallest absolute Gasteiger partial charge is 0.269 e. The molecule has 9 heteroatoms. The predicted molar refractivity (Wildman–Crippen MR) is 306 cm³/mol. The van der Waals surface area contributed by atoms with Gasteiger partial charge in [-0.25, -0.2) is 0 Å². The van der Waals surface area contributed by atoms with E-state index >= 15 is 0 Å². The van der Waals surface area contributed by atoms with Crippen LogP contribution in [0, 0.1) is 43.2 Å². The first kappa shape index (κ1) is 49.0. The van der Waals surface area contributed by atoms with Gasteiger partial charge in [-0.1, -0.05) is 156 Å². The Bertz CT molecular complexity index is 3460. The van der Waals surface area contributed by atoms with Gasteiger partial charge in [-0.05, 0) is 124 Å². The maximum atomic E-state index is 12.0. The number of fused-ring (bicyclic) bond motifs is 9. The Morgan fingerprint density at radius 3 is 1.00 bits per heavy atom. The number of H-pyrrole nitrogens is 1. The molecule has 9 rings (SSSR count). The molecule has 0 aliphatic rings. The lowest BCUT2D eigenvalue weighted by Gasteiger charge is -2.38. The quantitative estimate of drug-likeness (QED) is 0.0485. The van der Waals surface area contributed by atoms with E-state index in [1.807, 2.05) is 24.3 Å². The van der Waals surface area contributed by atoms with Crippen LogP contribution in [-0.4, -0.2) is 31.0 Å². The van der Waals surface area contributed by atoms with Crippen molar-refractivity contribution in [2.45, 2.75) is 116 Å². The number of aromatic amines is 1. The fraction of sp³-hybridized carbons (Fsp3) is 0.290. The number of hydrogen-bond acceptors (Lipinski definition) is 4. The molecule has 358 valence electrons. The van der Waals surface area contributed by atoms with Crippen molar-refractivity contribution < 1.29 is 9.85 Å². The molecule has 71 heavy (non-hydrogen) atoms. The molecule has 0 saturated carbocycles. The van der Waals surface area contributed by atoms with Crippen LogP contribution in [0.4, 0.5) is 11.4 Å². The maximum absolute atomic E-state index is 12.0. The molecule has 0 bridgehead atoms. The predicted octanol–water partition coefficient (Wildman–Crippen LogP) is 18.2. The van der Waals surface area contributed by atoms with E-state index in [4.69, 9.17) is 0 Å². The van der Waals surface area contributed by atoms with Crippen molar-refractivity contribution in [2.75, 3.05) is 0 Å². The van der Waals surface area contributed by atoms with Gasteiger partial charge in [0.25, 0.3) is 11.4 Å². The summed E-state index contributed by atoms with van der Waals surface area (Å²) in [5.74, 6) is 8.04. The second kappa shape index (κ2) is 18.6. The van der Waals surface area contributed by atoms with Crippen molar-refractivity contribution in [1.82, 2.24) is 4.98 Å². The highest BCUT2D eigenvalue weighted by molar-refractivity contribution is 6.91. The summed E-state index contributed by atoms with van der Waals surface area (Å²) >= 11 is 0. The number of rotatable bonds is 10. The van der Waals surface area contributed by atoms with Crippen LogP contribution in [0.1, 0.15) is 94.2 Å². The Labute approximate surface area is 419 Å². The number of nitrogens with zero attached hydrogens (tertiary/aromatic N) is 2. The van der Waals surface area contributed by atoms with Crippen molar-refractivity contribution in [3.05, 3.63) is 153 Å². The van der Waals surface area contributed by atoms with Crippen LogP contribution in [0.2, 0.25) is 33.2 Å². The molecular formula is C62H63N3O4Si2. The zero-order valence-corrected chi connectivity index (χ0v) is 45.0. The molecule has 0 fully saturated rings. The number of aromatic nitrogens is 1. The summed E-state index contributed by atoms with van der Waals surface area (Å²) in [5.41, 5.74) is 18.4.